The van der Waals surface area contributed by atoms with Gasteiger partial charge in [0.2, 0.25) is 11.8 Å². The van der Waals surface area contributed by atoms with Crippen LogP contribution in [0.4, 0.5) is 0 Å². The maximum absolute atomic E-state index is 11.7. The lowest BCUT2D eigenvalue weighted by molar-refractivity contribution is -0.129. The first-order chi connectivity index (χ1) is 12.2. The summed E-state index contributed by atoms with van der Waals surface area (Å²) < 4.78 is 0. The van der Waals surface area contributed by atoms with E-state index in [-0.39, 0.29) is 18.2 Å². The molecule has 0 aliphatic heterocycles. The average Bonchev–Trinajstić information content (AvgIpc) is 2.64. The molecule has 0 saturated carbocycles. The fraction of sp³-hybridized carbons (Fsp3) is 0.333. The Hall–Kier alpha value is -2.62. The highest BCUT2D eigenvalue weighted by atomic mass is 16.2. The van der Waals surface area contributed by atoms with E-state index in [1.807, 2.05) is 36.4 Å². The first-order valence-corrected chi connectivity index (χ1v) is 8.85. The standard InChI is InChI=1S/C21H26N2O2/c24-20(22-15-7-13-18-9-3-1-4-10-18)17-21(25)23-16-8-14-19-11-5-2-6-12-19/h1-6,9-12H,7-8,13-17H2,(H,22,24)(H,23,25). The molecule has 2 aromatic rings. The van der Waals surface area contributed by atoms with Gasteiger partial charge in [-0.2, -0.15) is 0 Å². The van der Waals surface area contributed by atoms with Crippen LogP contribution in [0.25, 0.3) is 0 Å². The molecule has 0 atom stereocenters. The predicted molar refractivity (Wildman–Crippen MR) is 100 cm³/mol. The number of hydrogen-bond donors (Lipinski definition) is 2. The van der Waals surface area contributed by atoms with E-state index in [0.717, 1.165) is 25.7 Å². The lowest BCUT2D eigenvalue weighted by Gasteiger charge is -2.07. The van der Waals surface area contributed by atoms with Crippen LogP contribution in [0.15, 0.2) is 60.7 Å². The van der Waals surface area contributed by atoms with Crippen molar-refractivity contribution in [2.45, 2.75) is 32.1 Å². The highest BCUT2D eigenvalue weighted by molar-refractivity contribution is 5.96. The molecule has 0 saturated heterocycles. The van der Waals surface area contributed by atoms with E-state index in [2.05, 4.69) is 34.9 Å². The smallest absolute Gasteiger partial charge is 0.229 e. The van der Waals surface area contributed by atoms with Crippen molar-refractivity contribution >= 4 is 11.8 Å². The first kappa shape index (κ1) is 18.7. The molecule has 4 nitrogen and oxygen atoms in total. The van der Waals surface area contributed by atoms with Crippen LogP contribution >= 0.6 is 0 Å². The van der Waals surface area contributed by atoms with Gasteiger partial charge in [0, 0.05) is 13.1 Å². The van der Waals surface area contributed by atoms with Crippen molar-refractivity contribution in [3.8, 4) is 0 Å². The van der Waals surface area contributed by atoms with Crippen molar-refractivity contribution < 1.29 is 9.59 Å². The molecule has 0 heterocycles. The number of rotatable bonds is 10. The van der Waals surface area contributed by atoms with Crippen LogP contribution in [0.5, 0.6) is 0 Å². The van der Waals surface area contributed by atoms with Gasteiger partial charge in [0.1, 0.15) is 6.42 Å². The fourth-order valence-corrected chi connectivity index (χ4v) is 2.60. The lowest BCUT2D eigenvalue weighted by Crippen LogP contribution is -2.33. The topological polar surface area (TPSA) is 58.2 Å². The monoisotopic (exact) mass is 338 g/mol. The number of nitrogens with one attached hydrogen (secondary N) is 2. The van der Waals surface area contributed by atoms with Gasteiger partial charge in [-0.3, -0.25) is 9.59 Å². The largest absolute Gasteiger partial charge is 0.356 e. The molecule has 2 amide bonds. The Bertz CT molecular complexity index is 584. The zero-order chi connectivity index (χ0) is 17.7. The van der Waals surface area contributed by atoms with E-state index in [1.54, 1.807) is 0 Å². The summed E-state index contributed by atoms with van der Waals surface area (Å²) in [4.78, 5) is 23.5. The molecule has 0 bridgehead atoms. The van der Waals surface area contributed by atoms with Gasteiger partial charge in [0.05, 0.1) is 0 Å². The molecule has 0 aromatic heterocycles. The molecule has 132 valence electrons. The van der Waals surface area contributed by atoms with Gasteiger partial charge in [-0.25, -0.2) is 0 Å². The van der Waals surface area contributed by atoms with E-state index < -0.39 is 0 Å². The molecular formula is C21H26N2O2. The van der Waals surface area contributed by atoms with Crippen molar-refractivity contribution in [3.05, 3.63) is 71.8 Å². The highest BCUT2D eigenvalue weighted by Gasteiger charge is 2.08. The molecule has 2 aromatic carbocycles. The van der Waals surface area contributed by atoms with Crippen LogP contribution in [0.1, 0.15) is 30.4 Å². The second-order valence-electron chi connectivity index (χ2n) is 6.05. The summed E-state index contributed by atoms with van der Waals surface area (Å²) in [6.45, 7) is 1.18. The Kier molecular flexibility index (Phi) is 8.25. The molecule has 0 radical (unpaired) electrons. The molecule has 25 heavy (non-hydrogen) atoms. The second-order valence-corrected chi connectivity index (χ2v) is 6.05. The maximum Gasteiger partial charge on any atom is 0.229 e. The van der Waals surface area contributed by atoms with Gasteiger partial charge in [0.15, 0.2) is 0 Å². The third-order valence-corrected chi connectivity index (χ3v) is 3.94. The van der Waals surface area contributed by atoms with E-state index >= 15 is 0 Å². The number of hydrogen-bond acceptors (Lipinski definition) is 2. The van der Waals surface area contributed by atoms with Gasteiger partial charge < -0.3 is 10.6 Å². The third-order valence-electron chi connectivity index (χ3n) is 3.94. The minimum atomic E-state index is -0.214. The highest BCUT2D eigenvalue weighted by Crippen LogP contribution is 2.02. The van der Waals surface area contributed by atoms with Gasteiger partial charge in [-0.05, 0) is 36.8 Å². The van der Waals surface area contributed by atoms with Crippen molar-refractivity contribution in [3.63, 3.8) is 0 Å². The normalized spacial score (nSPS) is 10.2. The van der Waals surface area contributed by atoms with E-state index in [1.165, 1.54) is 11.1 Å². The number of aryl methyl sites for hydroxylation is 2. The summed E-state index contributed by atoms with van der Waals surface area (Å²) in [5.41, 5.74) is 2.51. The van der Waals surface area contributed by atoms with Crippen LogP contribution < -0.4 is 10.6 Å². The Labute approximate surface area is 149 Å². The van der Waals surface area contributed by atoms with Crippen LogP contribution in [0.2, 0.25) is 0 Å². The number of benzene rings is 2. The van der Waals surface area contributed by atoms with Gasteiger partial charge in [-0.1, -0.05) is 60.7 Å². The summed E-state index contributed by atoms with van der Waals surface area (Å²) >= 11 is 0. The Morgan fingerprint density at radius 3 is 1.44 bits per heavy atom. The van der Waals surface area contributed by atoms with Crippen LogP contribution in [-0.2, 0) is 22.4 Å². The minimum absolute atomic E-state index is 0.101. The van der Waals surface area contributed by atoms with Gasteiger partial charge in [0.25, 0.3) is 0 Å². The summed E-state index contributed by atoms with van der Waals surface area (Å²) in [6, 6.07) is 20.3. The van der Waals surface area contributed by atoms with Gasteiger partial charge >= 0.3 is 0 Å². The molecule has 0 aliphatic rings. The van der Waals surface area contributed by atoms with Gasteiger partial charge in [-0.15, -0.1) is 0 Å². The summed E-state index contributed by atoms with van der Waals surface area (Å²) in [7, 11) is 0. The zero-order valence-electron chi connectivity index (χ0n) is 14.5. The fourth-order valence-electron chi connectivity index (χ4n) is 2.60. The van der Waals surface area contributed by atoms with Crippen molar-refractivity contribution in [2.24, 2.45) is 0 Å². The maximum atomic E-state index is 11.7. The summed E-state index contributed by atoms with van der Waals surface area (Å²) in [5, 5.41) is 5.60. The second kappa shape index (κ2) is 11.0. The molecular weight excluding hydrogens is 312 g/mol. The van der Waals surface area contributed by atoms with Crippen molar-refractivity contribution in [1.82, 2.24) is 10.6 Å². The molecule has 0 aliphatic carbocycles. The molecule has 4 heteroatoms. The van der Waals surface area contributed by atoms with E-state index in [9.17, 15) is 9.59 Å². The SMILES string of the molecule is O=C(CC(=O)NCCCc1ccccc1)NCCCc1ccccc1. The third kappa shape index (κ3) is 8.15. The minimum Gasteiger partial charge on any atom is -0.356 e. The molecule has 2 N–H and O–H groups in total. The Balaban J connectivity index is 1.50. The van der Waals surface area contributed by atoms with Crippen LogP contribution in [0, 0.1) is 0 Å². The molecule has 0 spiro atoms. The molecule has 0 unspecified atom stereocenters. The Morgan fingerprint density at radius 2 is 1.04 bits per heavy atom. The number of carbonyl (C=O) groups excluding carboxylic acids is 2. The number of amides is 2. The van der Waals surface area contributed by atoms with E-state index in [0.29, 0.717) is 13.1 Å². The predicted octanol–water partition coefficient (Wildman–Crippen LogP) is 2.87. The zero-order valence-corrected chi connectivity index (χ0v) is 14.5. The molecule has 0 fully saturated rings. The van der Waals surface area contributed by atoms with Crippen molar-refractivity contribution in [2.75, 3.05) is 13.1 Å². The summed E-state index contributed by atoms with van der Waals surface area (Å²) in [5.74, 6) is -0.428. The van der Waals surface area contributed by atoms with E-state index in [4.69, 9.17) is 0 Å². The van der Waals surface area contributed by atoms with Crippen LogP contribution in [-0.4, -0.2) is 24.9 Å². The van der Waals surface area contributed by atoms with Crippen molar-refractivity contribution in [1.29, 1.82) is 0 Å². The number of carbonyl (C=O) groups is 2. The average molecular weight is 338 g/mol. The lowest BCUT2D eigenvalue weighted by atomic mass is 10.1. The first-order valence-electron chi connectivity index (χ1n) is 8.85. The summed E-state index contributed by atoms with van der Waals surface area (Å²) in [6.07, 6.45) is 3.49. The Morgan fingerprint density at radius 1 is 0.640 bits per heavy atom. The quantitative estimate of drug-likeness (QED) is 0.517. The van der Waals surface area contributed by atoms with Crippen LogP contribution in [0.3, 0.4) is 0 Å². The molecule has 2 rings (SSSR count).